The summed E-state index contributed by atoms with van der Waals surface area (Å²) in [6.45, 7) is 2.28. The first-order valence-electron chi connectivity index (χ1n) is 8.10. The molecule has 1 aliphatic rings. The van der Waals surface area contributed by atoms with E-state index in [1.54, 1.807) is 0 Å². The second kappa shape index (κ2) is 9.94. The molecule has 1 nitrogen and oxygen atoms in total. The fraction of sp³-hybridized carbons (Fsp3) is 1.00. The Morgan fingerprint density at radius 3 is 2.12 bits per heavy atom. The number of unbranched alkanes of at least 4 members (excludes halogenated alkanes) is 4. The molecule has 2 N–H and O–H groups in total. The molecule has 0 aromatic carbocycles. The van der Waals surface area contributed by atoms with Gasteiger partial charge in [0, 0.05) is 6.04 Å². The molecule has 0 saturated heterocycles. The molecular weight excluding hydrogens is 206 g/mol. The quantitative estimate of drug-likeness (QED) is 0.619. The van der Waals surface area contributed by atoms with Crippen LogP contribution in [0.4, 0.5) is 0 Å². The Balaban J connectivity index is 2.09. The van der Waals surface area contributed by atoms with Crippen molar-refractivity contribution in [3.05, 3.63) is 0 Å². The van der Waals surface area contributed by atoms with Crippen LogP contribution in [0.5, 0.6) is 0 Å². The van der Waals surface area contributed by atoms with Crippen LogP contribution in [0.25, 0.3) is 0 Å². The summed E-state index contributed by atoms with van der Waals surface area (Å²) in [6, 6.07) is 0.495. The van der Waals surface area contributed by atoms with Gasteiger partial charge in [0.25, 0.3) is 0 Å². The molecule has 1 fully saturated rings. The molecule has 0 bridgehead atoms. The molecule has 0 heterocycles. The third-order valence-electron chi connectivity index (χ3n) is 4.40. The minimum atomic E-state index is 0.495. The van der Waals surface area contributed by atoms with Crippen LogP contribution in [0.1, 0.15) is 90.4 Å². The Hall–Kier alpha value is -0.0400. The predicted molar refractivity (Wildman–Crippen MR) is 77.2 cm³/mol. The van der Waals surface area contributed by atoms with Crippen LogP contribution >= 0.6 is 0 Å². The van der Waals surface area contributed by atoms with Gasteiger partial charge in [-0.05, 0) is 25.2 Å². The molecule has 0 radical (unpaired) electrons. The summed E-state index contributed by atoms with van der Waals surface area (Å²) in [5.74, 6) is 0.835. The second-order valence-electron chi connectivity index (χ2n) is 5.97. The largest absolute Gasteiger partial charge is 0.327 e. The van der Waals surface area contributed by atoms with Gasteiger partial charge in [0.15, 0.2) is 0 Å². The van der Waals surface area contributed by atoms with Gasteiger partial charge in [0.1, 0.15) is 0 Å². The third-order valence-corrected chi connectivity index (χ3v) is 4.40. The lowest BCUT2D eigenvalue weighted by atomic mass is 9.84. The van der Waals surface area contributed by atoms with Crippen molar-refractivity contribution in [3.8, 4) is 0 Å². The van der Waals surface area contributed by atoms with E-state index >= 15 is 0 Å². The van der Waals surface area contributed by atoms with E-state index in [1.165, 1.54) is 83.5 Å². The van der Waals surface area contributed by atoms with E-state index in [9.17, 15) is 0 Å². The molecule has 0 amide bonds. The second-order valence-corrected chi connectivity index (χ2v) is 5.97. The molecular formula is C16H33N. The lowest BCUT2D eigenvalue weighted by Gasteiger charge is -2.25. The van der Waals surface area contributed by atoms with Gasteiger partial charge in [0.05, 0.1) is 0 Å². The van der Waals surface area contributed by atoms with Gasteiger partial charge < -0.3 is 5.73 Å². The van der Waals surface area contributed by atoms with Crippen molar-refractivity contribution < 1.29 is 0 Å². The summed E-state index contributed by atoms with van der Waals surface area (Å²) in [5.41, 5.74) is 6.38. The smallest absolute Gasteiger partial charge is 0.00671 e. The highest BCUT2D eigenvalue weighted by Crippen LogP contribution is 2.26. The predicted octanol–water partition coefficient (Wildman–Crippen LogP) is 5.03. The van der Waals surface area contributed by atoms with Crippen LogP contribution < -0.4 is 5.73 Å². The summed E-state index contributed by atoms with van der Waals surface area (Å²) in [4.78, 5) is 0. The van der Waals surface area contributed by atoms with Crippen molar-refractivity contribution in [2.75, 3.05) is 0 Å². The highest BCUT2D eigenvalue weighted by Gasteiger charge is 2.18. The molecule has 0 aromatic rings. The Morgan fingerprint density at radius 2 is 1.47 bits per heavy atom. The maximum absolute atomic E-state index is 6.38. The number of rotatable bonds is 7. The molecule has 102 valence electrons. The lowest BCUT2D eigenvalue weighted by molar-refractivity contribution is 0.307. The van der Waals surface area contributed by atoms with Crippen LogP contribution in [0.15, 0.2) is 0 Å². The third kappa shape index (κ3) is 7.08. The fourth-order valence-electron chi connectivity index (χ4n) is 3.14. The monoisotopic (exact) mass is 239 g/mol. The molecule has 0 aliphatic heterocycles. The Morgan fingerprint density at radius 1 is 0.882 bits per heavy atom. The topological polar surface area (TPSA) is 26.0 Å². The Kier molecular flexibility index (Phi) is 8.78. The molecule has 1 saturated carbocycles. The van der Waals surface area contributed by atoms with Crippen LogP contribution in [0.2, 0.25) is 0 Å². The zero-order valence-electron chi connectivity index (χ0n) is 11.9. The molecule has 0 spiro atoms. The van der Waals surface area contributed by atoms with Crippen molar-refractivity contribution in [2.24, 2.45) is 11.7 Å². The van der Waals surface area contributed by atoms with Gasteiger partial charge in [-0.2, -0.15) is 0 Å². The zero-order valence-corrected chi connectivity index (χ0v) is 11.9. The molecule has 1 unspecified atom stereocenters. The first-order valence-corrected chi connectivity index (χ1v) is 8.10. The van der Waals surface area contributed by atoms with Gasteiger partial charge in [0.2, 0.25) is 0 Å². The highest BCUT2D eigenvalue weighted by atomic mass is 14.6. The van der Waals surface area contributed by atoms with E-state index in [1.807, 2.05) is 0 Å². The van der Waals surface area contributed by atoms with Crippen molar-refractivity contribution in [2.45, 2.75) is 96.4 Å². The van der Waals surface area contributed by atoms with Crippen molar-refractivity contribution in [1.29, 1.82) is 0 Å². The average Bonchev–Trinajstić information content (AvgIpc) is 2.28. The van der Waals surface area contributed by atoms with E-state index in [-0.39, 0.29) is 0 Å². The maximum atomic E-state index is 6.38. The summed E-state index contributed by atoms with van der Waals surface area (Å²) < 4.78 is 0. The van der Waals surface area contributed by atoms with Crippen LogP contribution in [0, 0.1) is 5.92 Å². The van der Waals surface area contributed by atoms with Gasteiger partial charge in [-0.15, -0.1) is 0 Å². The van der Waals surface area contributed by atoms with Crippen LogP contribution in [-0.4, -0.2) is 6.04 Å². The summed E-state index contributed by atoms with van der Waals surface area (Å²) >= 11 is 0. The SMILES string of the molecule is CCCCCCCC(N)C1CCCCCCC1. The molecule has 1 rings (SSSR count). The minimum Gasteiger partial charge on any atom is -0.327 e. The molecule has 1 atom stereocenters. The highest BCUT2D eigenvalue weighted by molar-refractivity contribution is 4.74. The molecule has 0 aromatic heterocycles. The summed E-state index contributed by atoms with van der Waals surface area (Å²) in [7, 11) is 0. The van der Waals surface area contributed by atoms with Gasteiger partial charge >= 0.3 is 0 Å². The average molecular weight is 239 g/mol. The van der Waals surface area contributed by atoms with Crippen molar-refractivity contribution in [3.63, 3.8) is 0 Å². The van der Waals surface area contributed by atoms with E-state index in [4.69, 9.17) is 5.73 Å². The van der Waals surface area contributed by atoms with Crippen LogP contribution in [-0.2, 0) is 0 Å². The van der Waals surface area contributed by atoms with Crippen LogP contribution in [0.3, 0.4) is 0 Å². The summed E-state index contributed by atoms with van der Waals surface area (Å²) in [5, 5.41) is 0. The minimum absolute atomic E-state index is 0.495. The maximum Gasteiger partial charge on any atom is 0.00671 e. The van der Waals surface area contributed by atoms with Gasteiger partial charge in [-0.3, -0.25) is 0 Å². The fourth-order valence-corrected chi connectivity index (χ4v) is 3.14. The first kappa shape index (κ1) is 15.0. The molecule has 17 heavy (non-hydrogen) atoms. The summed E-state index contributed by atoms with van der Waals surface area (Å²) in [6.07, 6.45) is 18.2. The number of hydrogen-bond donors (Lipinski definition) is 1. The Bertz CT molecular complexity index is 159. The Labute approximate surface area is 109 Å². The normalized spacial score (nSPS) is 20.8. The molecule has 1 heteroatoms. The lowest BCUT2D eigenvalue weighted by Crippen LogP contribution is -2.30. The molecule has 1 aliphatic carbocycles. The van der Waals surface area contributed by atoms with Gasteiger partial charge in [-0.25, -0.2) is 0 Å². The van der Waals surface area contributed by atoms with Crippen molar-refractivity contribution >= 4 is 0 Å². The van der Waals surface area contributed by atoms with E-state index < -0.39 is 0 Å². The zero-order chi connectivity index (χ0) is 12.3. The van der Waals surface area contributed by atoms with Crippen molar-refractivity contribution in [1.82, 2.24) is 0 Å². The van der Waals surface area contributed by atoms with Gasteiger partial charge in [-0.1, -0.05) is 71.1 Å². The van der Waals surface area contributed by atoms with E-state index in [2.05, 4.69) is 6.92 Å². The number of nitrogens with two attached hydrogens (primary N) is 1. The standard InChI is InChI=1S/C16H33N/c1-2-3-4-6-11-14-16(17)15-12-9-7-5-8-10-13-15/h15-16H,2-14,17H2,1H3. The van der Waals surface area contributed by atoms with E-state index in [0.29, 0.717) is 6.04 Å². The number of hydrogen-bond acceptors (Lipinski definition) is 1. The first-order chi connectivity index (χ1) is 8.34. The van der Waals surface area contributed by atoms with E-state index in [0.717, 1.165) is 5.92 Å².